The van der Waals surface area contributed by atoms with Crippen LogP contribution < -0.4 is 0 Å². The normalized spacial score (nSPS) is 9.00. The smallest absolute Gasteiger partial charge is 0.130 e. The van der Waals surface area contributed by atoms with Gasteiger partial charge in [-0.3, -0.25) is 0 Å². The van der Waals surface area contributed by atoms with E-state index >= 15 is 0 Å². The molecule has 0 unspecified atom stereocenters. The Bertz CT molecular complexity index is 220. The monoisotopic (exact) mass is 270 g/mol. The average Bonchev–Trinajstić information content (AvgIpc) is 1.88. The molecular weight excluding hydrogens is 267 g/mol. The summed E-state index contributed by atoms with van der Waals surface area (Å²) >= 11 is 2.98. The summed E-state index contributed by atoms with van der Waals surface area (Å²) in [6.07, 6.45) is 0. The van der Waals surface area contributed by atoms with Crippen molar-refractivity contribution in [2.45, 2.75) is 5.33 Å². The molecule has 0 radical (unpaired) electrons. The molecule has 0 aliphatic carbocycles. The van der Waals surface area contributed by atoms with E-state index in [1.54, 1.807) is 0 Å². The number of hydrogen-bond acceptors (Lipinski definition) is 0. The van der Waals surface area contributed by atoms with Crippen molar-refractivity contribution in [3.8, 4) is 0 Å². The van der Waals surface area contributed by atoms with Gasteiger partial charge in [0.1, 0.15) is 11.6 Å². The second-order valence-corrected chi connectivity index (χ2v) is 2.39. The van der Waals surface area contributed by atoms with Gasteiger partial charge in [-0.15, -0.1) is 0 Å². The Morgan fingerprint density at radius 3 is 1.91 bits per heavy atom. The molecule has 0 saturated heterocycles. The summed E-state index contributed by atoms with van der Waals surface area (Å²) in [6, 6.07) is 3.82. The topological polar surface area (TPSA) is 0 Å². The van der Waals surface area contributed by atoms with Gasteiger partial charge in [0, 0.05) is 30.4 Å². The summed E-state index contributed by atoms with van der Waals surface area (Å²) in [6.45, 7) is 0. The first-order valence-corrected chi connectivity index (χ1v) is 3.86. The number of alkyl halides is 1. The van der Waals surface area contributed by atoms with Gasteiger partial charge in [0.15, 0.2) is 0 Å². The van der Waals surface area contributed by atoms with E-state index in [0.717, 1.165) is 0 Å². The molecule has 4 heteroatoms. The first-order valence-electron chi connectivity index (χ1n) is 2.74. The van der Waals surface area contributed by atoms with Crippen LogP contribution in [-0.2, 0) is 24.8 Å². The molecule has 0 heterocycles. The fourth-order valence-electron chi connectivity index (χ4n) is 0.660. The quantitative estimate of drug-likeness (QED) is 0.545. The van der Waals surface area contributed by atoms with Gasteiger partial charge in [-0.1, -0.05) is 22.0 Å². The average molecular weight is 272 g/mol. The van der Waals surface area contributed by atoms with Gasteiger partial charge >= 0.3 is 0 Å². The zero-order valence-corrected chi connectivity index (χ0v) is 10.3. The Kier molecular flexibility index (Phi) is 5.02. The molecule has 0 fully saturated rings. The summed E-state index contributed by atoms with van der Waals surface area (Å²) in [5.41, 5.74) is 0.0856. The van der Waals surface area contributed by atoms with Crippen LogP contribution in [0.25, 0.3) is 0 Å². The van der Waals surface area contributed by atoms with Crippen molar-refractivity contribution in [2.24, 2.45) is 0 Å². The molecule has 0 atom stereocenters. The predicted octanol–water partition coefficient (Wildman–Crippen LogP) is 2.86. The van der Waals surface area contributed by atoms with Crippen molar-refractivity contribution in [1.29, 1.82) is 0 Å². The minimum Gasteiger partial charge on any atom is -0.207 e. The zero-order valence-electron chi connectivity index (χ0n) is 5.78. The standard InChI is InChI=1S/C7H5BrF2.Zn/c8-4-5-6(9)2-1-3-7(5)10;/h1-3H,4H2;. The Labute approximate surface area is 84.9 Å². The maximum absolute atomic E-state index is 12.6. The van der Waals surface area contributed by atoms with Gasteiger partial charge in [-0.2, -0.15) is 0 Å². The molecule has 0 bridgehead atoms. The van der Waals surface area contributed by atoms with E-state index < -0.39 is 11.6 Å². The van der Waals surface area contributed by atoms with Crippen LogP contribution >= 0.6 is 15.9 Å². The van der Waals surface area contributed by atoms with Crippen LogP contribution in [0.1, 0.15) is 5.56 Å². The molecule has 0 spiro atoms. The van der Waals surface area contributed by atoms with E-state index in [1.165, 1.54) is 18.2 Å². The molecule has 0 saturated carbocycles. The van der Waals surface area contributed by atoms with Crippen LogP contribution in [0.15, 0.2) is 18.2 Å². The molecule has 1 aromatic carbocycles. The number of benzene rings is 1. The van der Waals surface area contributed by atoms with Crippen molar-refractivity contribution in [2.75, 3.05) is 0 Å². The maximum atomic E-state index is 12.6. The molecule has 11 heavy (non-hydrogen) atoms. The predicted molar refractivity (Wildman–Crippen MR) is 39.0 cm³/mol. The van der Waals surface area contributed by atoms with E-state index in [9.17, 15) is 8.78 Å². The molecule has 0 aromatic heterocycles. The summed E-state index contributed by atoms with van der Waals surface area (Å²) in [5.74, 6) is -1.01. The van der Waals surface area contributed by atoms with Gasteiger partial charge in [0.05, 0.1) is 0 Å². The number of hydrogen-bond donors (Lipinski definition) is 0. The van der Waals surface area contributed by atoms with Gasteiger partial charge in [-0.05, 0) is 12.1 Å². The molecular formula is C7H5BrF2Zn. The Morgan fingerprint density at radius 2 is 1.64 bits per heavy atom. The van der Waals surface area contributed by atoms with Crippen LogP contribution in [0, 0.1) is 11.6 Å². The maximum Gasteiger partial charge on any atom is 0.130 e. The van der Waals surface area contributed by atoms with Gasteiger partial charge < -0.3 is 0 Å². The number of rotatable bonds is 1. The molecule has 0 amide bonds. The summed E-state index contributed by atoms with van der Waals surface area (Å²) < 4.78 is 25.2. The third-order valence-corrected chi connectivity index (χ3v) is 1.76. The van der Waals surface area contributed by atoms with Crippen molar-refractivity contribution >= 4 is 15.9 Å². The van der Waals surface area contributed by atoms with Gasteiger partial charge in [-0.25, -0.2) is 8.78 Å². The third-order valence-electron chi connectivity index (χ3n) is 1.20. The molecule has 0 aliphatic heterocycles. The Morgan fingerprint density at radius 1 is 1.18 bits per heavy atom. The van der Waals surface area contributed by atoms with E-state index in [1.807, 2.05) is 0 Å². The van der Waals surface area contributed by atoms with Crippen LogP contribution in [0.4, 0.5) is 8.78 Å². The number of halogens is 3. The van der Waals surface area contributed by atoms with Crippen LogP contribution in [-0.4, -0.2) is 0 Å². The van der Waals surface area contributed by atoms with Crippen molar-refractivity contribution in [3.05, 3.63) is 35.4 Å². The van der Waals surface area contributed by atoms with Crippen molar-refractivity contribution in [1.82, 2.24) is 0 Å². The fourth-order valence-corrected chi connectivity index (χ4v) is 1.20. The van der Waals surface area contributed by atoms with Crippen LogP contribution in [0.3, 0.4) is 0 Å². The Hall–Kier alpha value is 0.183. The minimum absolute atomic E-state index is 0. The first-order chi connectivity index (χ1) is 4.75. The van der Waals surface area contributed by atoms with Crippen LogP contribution in [0.5, 0.6) is 0 Å². The van der Waals surface area contributed by atoms with Crippen molar-refractivity contribution < 1.29 is 28.3 Å². The molecule has 0 nitrogen and oxygen atoms in total. The second-order valence-electron chi connectivity index (χ2n) is 1.83. The molecule has 0 aliphatic rings. The second kappa shape index (κ2) is 4.94. The van der Waals surface area contributed by atoms with Gasteiger partial charge in [0.2, 0.25) is 0 Å². The summed E-state index contributed by atoms with van der Waals surface area (Å²) in [5, 5.41) is 0.214. The minimum atomic E-state index is -0.503. The summed E-state index contributed by atoms with van der Waals surface area (Å²) in [4.78, 5) is 0. The van der Waals surface area contributed by atoms with E-state index in [4.69, 9.17) is 0 Å². The van der Waals surface area contributed by atoms with E-state index in [2.05, 4.69) is 15.9 Å². The largest absolute Gasteiger partial charge is 0.207 e. The Balaban J connectivity index is 0.000001000. The summed E-state index contributed by atoms with van der Waals surface area (Å²) in [7, 11) is 0. The molecule has 1 aromatic rings. The SMILES string of the molecule is Fc1cccc(F)c1CBr.[Zn]. The fraction of sp³-hybridized carbons (Fsp3) is 0.143. The van der Waals surface area contributed by atoms with E-state index in [0.29, 0.717) is 0 Å². The van der Waals surface area contributed by atoms with E-state index in [-0.39, 0.29) is 30.4 Å². The molecule has 0 N–H and O–H groups in total. The van der Waals surface area contributed by atoms with Gasteiger partial charge in [0.25, 0.3) is 0 Å². The van der Waals surface area contributed by atoms with Crippen molar-refractivity contribution in [3.63, 3.8) is 0 Å². The molecule has 1 rings (SSSR count). The van der Waals surface area contributed by atoms with Crippen LogP contribution in [0.2, 0.25) is 0 Å². The first kappa shape index (κ1) is 11.2. The third kappa shape index (κ3) is 2.60. The zero-order chi connectivity index (χ0) is 7.56. The molecule has 56 valence electrons.